The number of halogens is 1. The van der Waals surface area contributed by atoms with Crippen LogP contribution in [0.1, 0.15) is 78.5 Å². The lowest BCUT2D eigenvalue weighted by Gasteiger charge is -2.43. The van der Waals surface area contributed by atoms with Gasteiger partial charge in [-0.25, -0.2) is 0 Å². The van der Waals surface area contributed by atoms with Gasteiger partial charge in [0.15, 0.2) is 0 Å². The summed E-state index contributed by atoms with van der Waals surface area (Å²) in [4.78, 5) is 2.32. The third-order valence-corrected chi connectivity index (χ3v) is 8.18. The second-order valence-electron chi connectivity index (χ2n) is 11.5. The zero-order valence-corrected chi connectivity index (χ0v) is 29.3. The SMILES string of the molecule is C=C(C)c1ccccc1C(C)(C)N(c1cccc(N(F)N(c2ccccc2)C(C)C2=CC=CC2)c1)c1ccccc1C.CC.CC. The van der Waals surface area contributed by atoms with E-state index in [-0.39, 0.29) is 6.04 Å². The van der Waals surface area contributed by atoms with Crippen molar-refractivity contribution in [3.05, 3.63) is 150 Å². The zero-order chi connectivity index (χ0) is 33.9. The fourth-order valence-corrected chi connectivity index (χ4v) is 5.95. The van der Waals surface area contributed by atoms with E-state index in [1.807, 2.05) is 89.2 Å². The minimum atomic E-state index is -0.492. The highest BCUT2D eigenvalue weighted by molar-refractivity contribution is 5.75. The van der Waals surface area contributed by atoms with Crippen molar-refractivity contribution in [1.82, 2.24) is 0 Å². The van der Waals surface area contributed by atoms with Crippen molar-refractivity contribution in [3.8, 4) is 0 Å². The Morgan fingerprint density at radius 2 is 1.37 bits per heavy atom. The molecule has 4 aromatic rings. The van der Waals surface area contributed by atoms with Crippen molar-refractivity contribution in [2.75, 3.05) is 15.1 Å². The van der Waals surface area contributed by atoms with E-state index in [0.717, 1.165) is 56.6 Å². The lowest BCUT2D eigenvalue weighted by molar-refractivity contribution is 0.396. The van der Waals surface area contributed by atoms with Crippen molar-refractivity contribution >= 4 is 28.3 Å². The van der Waals surface area contributed by atoms with Gasteiger partial charge < -0.3 is 4.90 Å². The summed E-state index contributed by atoms with van der Waals surface area (Å²) < 4.78 is 16.8. The fraction of sp³-hybridized carbons (Fsp3) is 0.286. The number of hydrazine groups is 1. The van der Waals surface area contributed by atoms with Crippen LogP contribution in [0.2, 0.25) is 0 Å². The number of hydrogen-bond donors (Lipinski definition) is 0. The number of rotatable bonds is 10. The van der Waals surface area contributed by atoms with Gasteiger partial charge in [0.25, 0.3) is 0 Å². The molecule has 0 amide bonds. The fourth-order valence-electron chi connectivity index (χ4n) is 5.95. The van der Waals surface area contributed by atoms with E-state index in [1.54, 1.807) is 5.01 Å². The normalized spacial score (nSPS) is 12.5. The van der Waals surface area contributed by atoms with E-state index < -0.39 is 5.54 Å². The van der Waals surface area contributed by atoms with Gasteiger partial charge in [-0.05, 0) is 99.7 Å². The van der Waals surface area contributed by atoms with Crippen LogP contribution in [0.3, 0.4) is 0 Å². The van der Waals surface area contributed by atoms with Crippen LogP contribution in [0.4, 0.5) is 27.2 Å². The maximum Gasteiger partial charge on any atom is 0.0954 e. The Hall–Kier alpha value is -4.57. The Balaban J connectivity index is 0.00000139. The first-order valence-corrected chi connectivity index (χ1v) is 16.6. The Labute approximate surface area is 277 Å². The quantitative estimate of drug-likeness (QED) is 0.129. The molecule has 1 aliphatic rings. The van der Waals surface area contributed by atoms with Gasteiger partial charge in [-0.1, -0.05) is 129 Å². The molecule has 1 unspecified atom stereocenters. The molecule has 4 heteroatoms. The van der Waals surface area contributed by atoms with Crippen molar-refractivity contribution < 1.29 is 4.48 Å². The largest absolute Gasteiger partial charge is 0.331 e. The number of benzene rings is 4. The van der Waals surface area contributed by atoms with Crippen LogP contribution in [0.25, 0.3) is 5.57 Å². The van der Waals surface area contributed by atoms with Gasteiger partial charge in [0.05, 0.1) is 23.0 Å². The van der Waals surface area contributed by atoms with Crippen LogP contribution in [-0.2, 0) is 5.54 Å². The molecule has 0 spiro atoms. The van der Waals surface area contributed by atoms with Gasteiger partial charge in [-0.3, -0.25) is 5.01 Å². The molecule has 0 heterocycles. The summed E-state index contributed by atoms with van der Waals surface area (Å²) in [6, 6.07) is 34.1. The predicted octanol–water partition coefficient (Wildman–Crippen LogP) is 12.5. The molecule has 0 radical (unpaired) electrons. The van der Waals surface area contributed by atoms with Crippen LogP contribution in [-0.4, -0.2) is 6.04 Å². The van der Waals surface area contributed by atoms with Crippen molar-refractivity contribution in [2.24, 2.45) is 0 Å². The first kappa shape index (κ1) is 35.9. The predicted molar refractivity (Wildman–Crippen MR) is 200 cm³/mol. The van der Waals surface area contributed by atoms with Gasteiger partial charge >= 0.3 is 0 Å². The number of allylic oxidation sites excluding steroid dienone is 4. The minimum Gasteiger partial charge on any atom is -0.331 e. The molecule has 0 aliphatic heterocycles. The lowest BCUT2D eigenvalue weighted by atomic mass is 9.85. The Bertz CT molecular complexity index is 1620. The average Bonchev–Trinajstić information content (AvgIpc) is 3.64. The summed E-state index contributed by atoms with van der Waals surface area (Å²) in [6.07, 6.45) is 7.06. The van der Waals surface area contributed by atoms with Gasteiger partial charge in [0, 0.05) is 11.4 Å². The van der Waals surface area contributed by atoms with E-state index >= 15 is 4.48 Å². The van der Waals surface area contributed by atoms with Crippen molar-refractivity contribution in [2.45, 2.75) is 80.3 Å². The molecule has 242 valence electrons. The molecule has 0 saturated carbocycles. The zero-order valence-electron chi connectivity index (χ0n) is 29.3. The standard InChI is InChI=1S/C38H40FN3.2C2H6/c1-28(2)35-24-13-14-25-36(35)38(5,6)40(37-26-15-10-17-29(37)3)33-22-16-23-34(27-33)42(39)41(32-20-8-7-9-21-32)30(4)31-18-11-12-19-31;2*1-2/h7-18,20-27,30H,1,19H2,2-6H3;2*1-2H3. The summed E-state index contributed by atoms with van der Waals surface area (Å²) in [6.45, 7) is 22.9. The van der Waals surface area contributed by atoms with E-state index in [2.05, 4.69) is 106 Å². The van der Waals surface area contributed by atoms with Gasteiger partial charge in [0.1, 0.15) is 0 Å². The molecular weight excluding hydrogens is 565 g/mol. The molecule has 0 fully saturated rings. The average molecular weight is 618 g/mol. The molecule has 3 nitrogen and oxygen atoms in total. The Kier molecular flexibility index (Phi) is 13.0. The molecule has 0 bridgehead atoms. The second kappa shape index (κ2) is 16.7. The third-order valence-electron chi connectivity index (χ3n) is 8.18. The van der Waals surface area contributed by atoms with Crippen LogP contribution in [0.5, 0.6) is 0 Å². The summed E-state index contributed by atoms with van der Waals surface area (Å²) >= 11 is 0. The summed E-state index contributed by atoms with van der Waals surface area (Å²) in [7, 11) is 0. The molecule has 0 N–H and O–H groups in total. The Morgan fingerprint density at radius 1 is 0.783 bits per heavy atom. The third kappa shape index (κ3) is 7.80. The van der Waals surface area contributed by atoms with Gasteiger partial charge in [0.2, 0.25) is 0 Å². The van der Waals surface area contributed by atoms with E-state index in [4.69, 9.17) is 0 Å². The highest BCUT2D eigenvalue weighted by atomic mass is 19.2. The highest BCUT2D eigenvalue weighted by Gasteiger charge is 2.34. The molecule has 5 rings (SSSR count). The van der Waals surface area contributed by atoms with E-state index in [0.29, 0.717) is 5.69 Å². The number of nitrogens with zero attached hydrogens (tertiary/aromatic N) is 3. The Morgan fingerprint density at radius 3 is 2.00 bits per heavy atom. The number of anilines is 4. The first-order valence-electron chi connectivity index (χ1n) is 16.6. The monoisotopic (exact) mass is 617 g/mol. The van der Waals surface area contributed by atoms with Crippen LogP contribution in [0.15, 0.2) is 134 Å². The smallest absolute Gasteiger partial charge is 0.0954 e. The number of aryl methyl sites for hydroxylation is 1. The molecular formula is C42H52FN3. The maximum absolute atomic E-state index is 16.8. The van der Waals surface area contributed by atoms with E-state index in [1.165, 1.54) is 0 Å². The van der Waals surface area contributed by atoms with E-state index in [9.17, 15) is 0 Å². The van der Waals surface area contributed by atoms with Crippen LogP contribution in [0, 0.1) is 6.92 Å². The molecule has 0 aromatic heterocycles. The molecule has 4 aromatic carbocycles. The molecule has 46 heavy (non-hydrogen) atoms. The minimum absolute atomic E-state index is 0.178. The second-order valence-corrected chi connectivity index (χ2v) is 11.5. The number of para-hydroxylation sites is 2. The first-order chi connectivity index (χ1) is 22.2. The maximum atomic E-state index is 16.8. The topological polar surface area (TPSA) is 9.72 Å². The molecule has 1 aliphatic carbocycles. The van der Waals surface area contributed by atoms with Gasteiger partial charge in [-0.2, -0.15) is 0 Å². The molecule has 0 saturated heterocycles. The summed E-state index contributed by atoms with van der Waals surface area (Å²) in [5, 5.41) is 2.53. The highest BCUT2D eigenvalue weighted by Crippen LogP contribution is 2.44. The van der Waals surface area contributed by atoms with Crippen LogP contribution < -0.4 is 15.1 Å². The van der Waals surface area contributed by atoms with Crippen molar-refractivity contribution in [1.29, 1.82) is 0 Å². The van der Waals surface area contributed by atoms with Crippen LogP contribution >= 0.6 is 0 Å². The lowest BCUT2D eigenvalue weighted by Crippen LogP contribution is -2.45. The summed E-state index contributed by atoms with van der Waals surface area (Å²) in [5.41, 5.74) is 8.30. The van der Waals surface area contributed by atoms with Crippen molar-refractivity contribution in [3.63, 3.8) is 0 Å². The summed E-state index contributed by atoms with van der Waals surface area (Å²) in [5.74, 6) is 0. The van der Waals surface area contributed by atoms with Gasteiger partial charge in [-0.15, -0.1) is 5.23 Å². The number of hydrogen-bond acceptors (Lipinski definition) is 3. The molecule has 1 atom stereocenters.